The fourth-order valence-electron chi connectivity index (χ4n) is 2.12. The molecule has 1 aliphatic heterocycles. The van der Waals surface area contributed by atoms with Gasteiger partial charge in [-0.25, -0.2) is 0 Å². The van der Waals surface area contributed by atoms with Crippen molar-refractivity contribution in [1.29, 1.82) is 0 Å². The van der Waals surface area contributed by atoms with Crippen molar-refractivity contribution in [2.75, 3.05) is 26.2 Å². The Morgan fingerprint density at radius 3 is 2.61 bits per heavy atom. The van der Waals surface area contributed by atoms with E-state index in [0.717, 1.165) is 25.9 Å². The molecule has 1 aliphatic rings. The third kappa shape index (κ3) is 4.32. The fourth-order valence-corrected chi connectivity index (χ4v) is 2.12. The Morgan fingerprint density at radius 2 is 2.11 bits per heavy atom. The molecule has 0 aliphatic carbocycles. The van der Waals surface area contributed by atoms with Crippen LogP contribution in [0.3, 0.4) is 0 Å². The van der Waals surface area contributed by atoms with Crippen LogP contribution in [-0.4, -0.2) is 48.2 Å². The Morgan fingerprint density at radius 1 is 1.50 bits per heavy atom. The zero-order valence-corrected chi connectivity index (χ0v) is 11.4. The number of aliphatic hydroxyl groups excluding tert-OH is 1. The summed E-state index contributed by atoms with van der Waals surface area (Å²) in [6.45, 7) is 6.43. The summed E-state index contributed by atoms with van der Waals surface area (Å²) in [6.07, 6.45) is 7.01. The van der Waals surface area contributed by atoms with E-state index in [-0.39, 0.29) is 30.4 Å². The van der Waals surface area contributed by atoms with Gasteiger partial charge in [-0.1, -0.05) is 12.8 Å². The second kappa shape index (κ2) is 7.40. The molecule has 1 fully saturated rings. The van der Waals surface area contributed by atoms with Crippen molar-refractivity contribution in [3.63, 3.8) is 0 Å². The Kier molecular flexibility index (Phi) is 6.17. The molecule has 0 bridgehead atoms. The molecular formula is C14H24N2O2. The first kappa shape index (κ1) is 15.0. The smallest absolute Gasteiger partial charge is 0.223 e. The lowest BCUT2D eigenvalue weighted by Crippen LogP contribution is -2.45. The van der Waals surface area contributed by atoms with Crippen LogP contribution in [0.2, 0.25) is 0 Å². The summed E-state index contributed by atoms with van der Waals surface area (Å²) in [6, 6.07) is 0.0197. The number of hydrogen-bond acceptors (Lipinski definition) is 3. The number of hydrogen-bond donors (Lipinski definition) is 2. The molecule has 0 radical (unpaired) electrons. The highest BCUT2D eigenvalue weighted by Gasteiger charge is 2.26. The maximum atomic E-state index is 12.0. The summed E-state index contributed by atoms with van der Waals surface area (Å²) in [5.74, 6) is 2.93. The average Bonchev–Trinajstić information content (AvgIpc) is 2.38. The summed E-state index contributed by atoms with van der Waals surface area (Å²) in [5, 5.41) is 12.0. The van der Waals surface area contributed by atoms with E-state index in [2.05, 4.69) is 16.1 Å². The van der Waals surface area contributed by atoms with E-state index in [9.17, 15) is 4.79 Å². The molecule has 2 atom stereocenters. The standard InChI is InChI=1S/C14H24N2O2/c1-4-7-16-8-5-13(6-9-16)14(18)15-12(3)11(2)10-17/h1,11-13,17H,5-10H2,2-3H3,(H,15,18). The Bertz CT molecular complexity index is 303. The molecule has 0 aromatic heterocycles. The molecule has 4 heteroatoms. The number of amides is 1. The minimum atomic E-state index is 0.0197. The largest absolute Gasteiger partial charge is 0.396 e. The zero-order chi connectivity index (χ0) is 13.5. The highest BCUT2D eigenvalue weighted by atomic mass is 16.3. The van der Waals surface area contributed by atoms with Crippen LogP contribution in [0.4, 0.5) is 0 Å². The van der Waals surface area contributed by atoms with Gasteiger partial charge in [-0.2, -0.15) is 0 Å². The van der Waals surface area contributed by atoms with Crippen LogP contribution < -0.4 is 5.32 Å². The van der Waals surface area contributed by atoms with Crippen LogP contribution >= 0.6 is 0 Å². The van der Waals surface area contributed by atoms with Crippen molar-refractivity contribution in [2.24, 2.45) is 11.8 Å². The second-order valence-electron chi connectivity index (χ2n) is 5.21. The van der Waals surface area contributed by atoms with E-state index in [1.807, 2.05) is 13.8 Å². The first-order valence-electron chi connectivity index (χ1n) is 6.65. The van der Waals surface area contributed by atoms with Crippen LogP contribution in [0.1, 0.15) is 26.7 Å². The molecule has 1 heterocycles. The summed E-state index contributed by atoms with van der Waals surface area (Å²) >= 11 is 0. The molecule has 0 aromatic carbocycles. The molecule has 18 heavy (non-hydrogen) atoms. The summed E-state index contributed by atoms with van der Waals surface area (Å²) in [5.41, 5.74) is 0. The third-order valence-electron chi connectivity index (χ3n) is 3.78. The lowest BCUT2D eigenvalue weighted by atomic mass is 9.94. The van der Waals surface area contributed by atoms with E-state index < -0.39 is 0 Å². The van der Waals surface area contributed by atoms with Gasteiger partial charge in [-0.3, -0.25) is 9.69 Å². The summed E-state index contributed by atoms with van der Waals surface area (Å²) < 4.78 is 0. The van der Waals surface area contributed by atoms with E-state index in [0.29, 0.717) is 6.54 Å². The van der Waals surface area contributed by atoms with Crippen molar-refractivity contribution < 1.29 is 9.90 Å². The van der Waals surface area contributed by atoms with Crippen molar-refractivity contribution in [3.8, 4) is 12.3 Å². The first-order valence-corrected chi connectivity index (χ1v) is 6.65. The van der Waals surface area contributed by atoms with Gasteiger partial charge in [0.15, 0.2) is 0 Å². The van der Waals surface area contributed by atoms with Crippen molar-refractivity contribution >= 4 is 5.91 Å². The number of carbonyl (C=O) groups is 1. The van der Waals surface area contributed by atoms with E-state index in [1.54, 1.807) is 0 Å². The predicted molar refractivity (Wildman–Crippen MR) is 71.9 cm³/mol. The highest BCUT2D eigenvalue weighted by molar-refractivity contribution is 5.79. The number of aliphatic hydroxyl groups is 1. The van der Waals surface area contributed by atoms with Gasteiger partial charge in [0.1, 0.15) is 0 Å². The van der Waals surface area contributed by atoms with Gasteiger partial charge in [0.2, 0.25) is 5.91 Å². The first-order chi connectivity index (χ1) is 8.58. The minimum Gasteiger partial charge on any atom is -0.396 e. The fraction of sp³-hybridized carbons (Fsp3) is 0.786. The number of rotatable bonds is 5. The summed E-state index contributed by atoms with van der Waals surface area (Å²) in [7, 11) is 0. The average molecular weight is 252 g/mol. The molecule has 4 nitrogen and oxygen atoms in total. The third-order valence-corrected chi connectivity index (χ3v) is 3.78. The monoisotopic (exact) mass is 252 g/mol. The zero-order valence-electron chi connectivity index (χ0n) is 11.4. The van der Waals surface area contributed by atoms with Gasteiger partial charge in [-0.15, -0.1) is 6.42 Å². The van der Waals surface area contributed by atoms with Gasteiger partial charge >= 0.3 is 0 Å². The molecule has 1 rings (SSSR count). The number of piperidine rings is 1. The SMILES string of the molecule is C#CCN1CCC(C(=O)NC(C)C(C)CO)CC1. The van der Waals surface area contributed by atoms with Crippen LogP contribution in [-0.2, 0) is 4.79 Å². The maximum absolute atomic E-state index is 12.0. The molecule has 1 saturated heterocycles. The molecule has 2 N–H and O–H groups in total. The van der Waals surface area contributed by atoms with Gasteiger partial charge in [0, 0.05) is 18.6 Å². The van der Waals surface area contributed by atoms with Gasteiger partial charge in [0.25, 0.3) is 0 Å². The lowest BCUT2D eigenvalue weighted by molar-refractivity contribution is -0.127. The second-order valence-corrected chi connectivity index (χ2v) is 5.21. The number of nitrogens with one attached hydrogen (secondary N) is 1. The quantitative estimate of drug-likeness (QED) is 0.699. The minimum absolute atomic E-state index is 0.0197. The number of terminal acetylenes is 1. The Labute approximate surface area is 110 Å². The van der Waals surface area contributed by atoms with Crippen molar-refractivity contribution in [1.82, 2.24) is 10.2 Å². The van der Waals surface area contributed by atoms with Gasteiger partial charge in [0.05, 0.1) is 6.54 Å². The predicted octanol–water partition coefficient (Wildman–Crippen LogP) is 0.465. The number of likely N-dealkylation sites (tertiary alicyclic amines) is 1. The Balaban J connectivity index is 2.34. The normalized spacial score (nSPS) is 21.0. The molecule has 102 valence electrons. The maximum Gasteiger partial charge on any atom is 0.223 e. The topological polar surface area (TPSA) is 52.6 Å². The molecule has 0 spiro atoms. The van der Waals surface area contributed by atoms with Gasteiger partial charge in [-0.05, 0) is 38.8 Å². The Hall–Kier alpha value is -1.05. The van der Waals surface area contributed by atoms with Crippen LogP contribution in [0, 0.1) is 24.2 Å². The van der Waals surface area contributed by atoms with Gasteiger partial charge < -0.3 is 10.4 Å². The highest BCUT2D eigenvalue weighted by Crippen LogP contribution is 2.17. The molecular weight excluding hydrogens is 228 g/mol. The van der Waals surface area contributed by atoms with Crippen LogP contribution in [0.5, 0.6) is 0 Å². The van der Waals surface area contributed by atoms with Crippen LogP contribution in [0.25, 0.3) is 0 Å². The molecule has 1 amide bonds. The number of carbonyl (C=O) groups excluding carboxylic acids is 1. The molecule has 2 unspecified atom stereocenters. The van der Waals surface area contributed by atoms with Crippen molar-refractivity contribution in [3.05, 3.63) is 0 Å². The molecule has 0 aromatic rings. The lowest BCUT2D eigenvalue weighted by Gasteiger charge is -2.31. The van der Waals surface area contributed by atoms with Crippen molar-refractivity contribution in [2.45, 2.75) is 32.7 Å². The van der Waals surface area contributed by atoms with E-state index in [4.69, 9.17) is 11.5 Å². The van der Waals surface area contributed by atoms with Crippen LogP contribution in [0.15, 0.2) is 0 Å². The number of nitrogens with zero attached hydrogens (tertiary/aromatic N) is 1. The van der Waals surface area contributed by atoms with E-state index in [1.165, 1.54) is 0 Å². The molecule has 0 saturated carbocycles. The van der Waals surface area contributed by atoms with E-state index >= 15 is 0 Å². The summed E-state index contributed by atoms with van der Waals surface area (Å²) in [4.78, 5) is 14.2.